The van der Waals surface area contributed by atoms with E-state index in [2.05, 4.69) is 10.0 Å². The summed E-state index contributed by atoms with van der Waals surface area (Å²) in [5.74, 6) is -1.58. The first-order chi connectivity index (χ1) is 8.74. The Morgan fingerprint density at radius 2 is 2.21 bits per heavy atom. The molecule has 1 aliphatic rings. The van der Waals surface area contributed by atoms with Crippen molar-refractivity contribution in [3.63, 3.8) is 0 Å². The van der Waals surface area contributed by atoms with Gasteiger partial charge >= 0.3 is 12.1 Å². The van der Waals surface area contributed by atoms with Gasteiger partial charge in [-0.3, -0.25) is 9.69 Å². The number of amides is 2. The number of nitrogens with zero attached hydrogens (tertiary/aromatic N) is 4. The van der Waals surface area contributed by atoms with Gasteiger partial charge in [0.15, 0.2) is 6.73 Å². The molecule has 2 amide bonds. The van der Waals surface area contributed by atoms with Crippen LogP contribution in [0.4, 0.5) is 4.79 Å². The molecule has 9 heteroatoms. The Bertz CT molecular complexity index is 449. The van der Waals surface area contributed by atoms with Gasteiger partial charge in [-0.2, -0.15) is 0 Å². The average molecular weight is 270 g/mol. The van der Waals surface area contributed by atoms with Gasteiger partial charge in [0.05, 0.1) is 0 Å². The smallest absolute Gasteiger partial charge is 0.413 e. The normalized spacial score (nSPS) is 18.6. The monoisotopic (exact) mass is 270 g/mol. The first kappa shape index (κ1) is 14.8. The minimum atomic E-state index is -1.12. The largest absolute Gasteiger partial charge is 0.444 e. The van der Waals surface area contributed by atoms with E-state index in [9.17, 15) is 14.4 Å². The molecule has 0 aliphatic carbocycles. The highest BCUT2D eigenvalue weighted by Crippen LogP contribution is 2.19. The molecule has 0 aromatic heterocycles. The van der Waals surface area contributed by atoms with E-state index in [1.165, 1.54) is 0 Å². The van der Waals surface area contributed by atoms with Gasteiger partial charge in [-0.05, 0) is 31.4 Å². The van der Waals surface area contributed by atoms with Gasteiger partial charge in [-0.25, -0.2) is 9.59 Å². The second-order valence-electron chi connectivity index (χ2n) is 4.85. The lowest BCUT2D eigenvalue weighted by Gasteiger charge is -2.25. The molecule has 0 radical (unpaired) electrons. The lowest BCUT2D eigenvalue weighted by atomic mass is 10.2. The fourth-order valence-corrected chi connectivity index (χ4v) is 1.40. The molecule has 0 spiro atoms. The first-order valence-corrected chi connectivity index (χ1v) is 5.49. The van der Waals surface area contributed by atoms with Gasteiger partial charge in [0, 0.05) is 11.3 Å². The van der Waals surface area contributed by atoms with Crippen LogP contribution in [0.1, 0.15) is 27.2 Å². The maximum Gasteiger partial charge on any atom is 0.413 e. The molecule has 0 N–H and O–H groups in total. The quantitative estimate of drug-likeness (QED) is 0.324. The summed E-state index contributed by atoms with van der Waals surface area (Å²) in [6.07, 6.45) is -1.20. The van der Waals surface area contributed by atoms with Crippen LogP contribution in [0.15, 0.2) is 5.11 Å². The van der Waals surface area contributed by atoms with Crippen molar-refractivity contribution in [2.45, 2.75) is 38.8 Å². The van der Waals surface area contributed by atoms with Crippen LogP contribution in [-0.2, 0) is 19.1 Å². The van der Waals surface area contributed by atoms with E-state index in [0.29, 0.717) is 0 Å². The molecule has 1 saturated heterocycles. The molecule has 1 rings (SSSR count). The van der Waals surface area contributed by atoms with Crippen molar-refractivity contribution in [1.82, 2.24) is 4.90 Å². The number of carbonyl (C=O) groups is 3. The van der Waals surface area contributed by atoms with Gasteiger partial charge in [0.1, 0.15) is 11.6 Å². The zero-order valence-corrected chi connectivity index (χ0v) is 10.8. The van der Waals surface area contributed by atoms with E-state index in [-0.39, 0.29) is 6.73 Å². The lowest BCUT2D eigenvalue weighted by Crippen LogP contribution is -2.42. The summed E-state index contributed by atoms with van der Waals surface area (Å²) >= 11 is 0. The maximum absolute atomic E-state index is 11.8. The second-order valence-corrected chi connectivity index (χ2v) is 4.85. The van der Waals surface area contributed by atoms with Gasteiger partial charge in [0.2, 0.25) is 5.91 Å². The number of ether oxygens (including phenoxy) is 2. The van der Waals surface area contributed by atoms with Gasteiger partial charge < -0.3 is 9.47 Å². The van der Waals surface area contributed by atoms with Crippen LogP contribution in [0.5, 0.6) is 0 Å². The van der Waals surface area contributed by atoms with Crippen molar-refractivity contribution in [2.75, 3.05) is 6.73 Å². The molecule has 1 heterocycles. The number of cyclic esters (lactones) is 1. The van der Waals surface area contributed by atoms with Crippen molar-refractivity contribution in [2.24, 2.45) is 5.11 Å². The number of rotatable bonds is 2. The van der Waals surface area contributed by atoms with Crippen LogP contribution in [0.2, 0.25) is 0 Å². The predicted octanol–water partition coefficient (Wildman–Crippen LogP) is 1.33. The average Bonchev–Trinajstić information content (AvgIpc) is 2.58. The Morgan fingerprint density at radius 1 is 1.58 bits per heavy atom. The topological polar surface area (TPSA) is 122 Å². The molecule has 104 valence electrons. The SMILES string of the molecule is CC(C)(C)OC(=O)N1COC(=O)[C@H]1CC(=O)N=[N+]=[N-]. The van der Waals surface area contributed by atoms with Gasteiger partial charge in [-0.1, -0.05) is 0 Å². The van der Waals surface area contributed by atoms with Crippen LogP contribution in [-0.4, -0.2) is 41.2 Å². The first-order valence-electron chi connectivity index (χ1n) is 5.49. The maximum atomic E-state index is 11.8. The predicted molar refractivity (Wildman–Crippen MR) is 61.6 cm³/mol. The van der Waals surface area contributed by atoms with Crippen molar-refractivity contribution >= 4 is 18.0 Å². The highest BCUT2D eigenvalue weighted by atomic mass is 16.6. The summed E-state index contributed by atoms with van der Waals surface area (Å²) in [6.45, 7) is 4.72. The van der Waals surface area contributed by atoms with Crippen LogP contribution in [0.3, 0.4) is 0 Å². The summed E-state index contributed by atoms with van der Waals surface area (Å²) in [6, 6.07) is -1.12. The van der Waals surface area contributed by atoms with Crippen molar-refractivity contribution in [3.05, 3.63) is 10.4 Å². The number of hydrogen-bond donors (Lipinski definition) is 0. The fraction of sp³-hybridized carbons (Fsp3) is 0.700. The van der Waals surface area contributed by atoms with E-state index in [4.69, 9.17) is 15.0 Å². The van der Waals surface area contributed by atoms with Crippen molar-refractivity contribution < 1.29 is 23.9 Å². The Hall–Kier alpha value is -2.28. The van der Waals surface area contributed by atoms with Crippen LogP contribution in [0, 0.1) is 0 Å². The minimum absolute atomic E-state index is 0.290. The summed E-state index contributed by atoms with van der Waals surface area (Å²) < 4.78 is 9.77. The van der Waals surface area contributed by atoms with E-state index >= 15 is 0 Å². The van der Waals surface area contributed by atoms with E-state index in [1.54, 1.807) is 20.8 Å². The summed E-state index contributed by atoms with van der Waals surface area (Å²) in [5.41, 5.74) is 7.39. The third-order valence-corrected chi connectivity index (χ3v) is 2.15. The highest BCUT2D eigenvalue weighted by Gasteiger charge is 2.40. The molecule has 19 heavy (non-hydrogen) atoms. The van der Waals surface area contributed by atoms with Crippen LogP contribution >= 0.6 is 0 Å². The van der Waals surface area contributed by atoms with Crippen molar-refractivity contribution in [3.8, 4) is 0 Å². The highest BCUT2D eigenvalue weighted by molar-refractivity contribution is 5.89. The molecule has 1 fully saturated rings. The molecule has 0 unspecified atom stereocenters. The molecule has 0 bridgehead atoms. The Morgan fingerprint density at radius 3 is 2.74 bits per heavy atom. The number of carbonyl (C=O) groups excluding carboxylic acids is 3. The molecule has 1 atom stereocenters. The molecule has 9 nitrogen and oxygen atoms in total. The Balaban J connectivity index is 2.76. The van der Waals surface area contributed by atoms with E-state index in [1.807, 2.05) is 0 Å². The molecule has 0 aromatic rings. The standard InChI is InChI=1S/C10H14N4O5/c1-10(2,3)19-9(17)14-5-18-8(16)6(14)4-7(15)12-13-11/h6H,4-5H2,1-3H3/t6-/m1/s1. The van der Waals surface area contributed by atoms with Crippen LogP contribution in [0.25, 0.3) is 10.4 Å². The number of hydrogen-bond acceptors (Lipinski definition) is 5. The second kappa shape index (κ2) is 5.57. The Kier molecular flexibility index (Phi) is 4.34. The van der Waals surface area contributed by atoms with E-state index < -0.39 is 36.0 Å². The summed E-state index contributed by atoms with van der Waals surface area (Å²) in [7, 11) is 0. The Labute approximate surface area is 109 Å². The summed E-state index contributed by atoms with van der Waals surface area (Å²) in [4.78, 5) is 37.7. The third-order valence-electron chi connectivity index (χ3n) is 2.15. The molecule has 1 aliphatic heterocycles. The zero-order valence-electron chi connectivity index (χ0n) is 10.8. The molecule has 0 aromatic carbocycles. The van der Waals surface area contributed by atoms with E-state index in [0.717, 1.165) is 4.90 Å². The summed E-state index contributed by atoms with van der Waals surface area (Å²) in [5, 5.41) is 2.85. The fourth-order valence-electron chi connectivity index (χ4n) is 1.40. The van der Waals surface area contributed by atoms with Crippen molar-refractivity contribution in [1.29, 1.82) is 0 Å². The lowest BCUT2D eigenvalue weighted by molar-refractivity contribution is -0.140. The third kappa shape index (κ3) is 4.14. The van der Waals surface area contributed by atoms with Gasteiger partial charge in [-0.15, -0.1) is 0 Å². The molecular weight excluding hydrogens is 256 g/mol. The minimum Gasteiger partial charge on any atom is -0.444 e. The molecular formula is C10H14N4O5. The number of azide groups is 1. The number of esters is 1. The zero-order chi connectivity index (χ0) is 14.6. The van der Waals surface area contributed by atoms with Gasteiger partial charge in [0.25, 0.3) is 0 Å². The molecule has 0 saturated carbocycles. The van der Waals surface area contributed by atoms with Crippen LogP contribution < -0.4 is 0 Å².